The van der Waals surface area contributed by atoms with Crippen molar-refractivity contribution in [2.75, 3.05) is 19.6 Å². The Morgan fingerprint density at radius 2 is 1.42 bits per heavy atom. The summed E-state index contributed by atoms with van der Waals surface area (Å²) in [5.41, 5.74) is 2.68. The third kappa shape index (κ3) is 5.99. The Labute approximate surface area is 157 Å². The first-order valence-corrected chi connectivity index (χ1v) is 9.89. The maximum Gasteiger partial charge on any atom is 0.222 e. The van der Waals surface area contributed by atoms with Gasteiger partial charge in [0.2, 0.25) is 5.91 Å². The van der Waals surface area contributed by atoms with Crippen LogP contribution in [0.3, 0.4) is 0 Å². The molecule has 0 saturated carbocycles. The molecule has 0 aromatic heterocycles. The number of rotatable bonds is 8. The van der Waals surface area contributed by atoms with Gasteiger partial charge < -0.3 is 4.90 Å². The molecule has 138 valence electrons. The van der Waals surface area contributed by atoms with Gasteiger partial charge in [0.25, 0.3) is 0 Å². The zero-order chi connectivity index (χ0) is 18.0. The van der Waals surface area contributed by atoms with Gasteiger partial charge in [-0.3, -0.25) is 9.69 Å². The Morgan fingerprint density at radius 1 is 0.808 bits per heavy atom. The minimum Gasteiger partial charge on any atom is -0.343 e. The van der Waals surface area contributed by atoms with Crippen LogP contribution in [0.1, 0.15) is 43.2 Å². The van der Waals surface area contributed by atoms with Crippen LogP contribution in [0.25, 0.3) is 0 Å². The van der Waals surface area contributed by atoms with Gasteiger partial charge in [-0.1, -0.05) is 67.1 Å². The van der Waals surface area contributed by atoms with E-state index in [1.54, 1.807) is 0 Å². The van der Waals surface area contributed by atoms with E-state index in [0.717, 1.165) is 58.4 Å². The van der Waals surface area contributed by atoms with Crippen LogP contribution in [0, 0.1) is 0 Å². The second-order valence-electron chi connectivity index (χ2n) is 7.23. The second kappa shape index (κ2) is 10.1. The lowest BCUT2D eigenvalue weighted by molar-refractivity contribution is -0.130. The molecule has 2 aromatic rings. The largest absolute Gasteiger partial charge is 0.343 e. The first-order chi connectivity index (χ1) is 12.8. The first kappa shape index (κ1) is 18.7. The fourth-order valence-corrected chi connectivity index (χ4v) is 3.66. The van der Waals surface area contributed by atoms with Crippen LogP contribution in [-0.2, 0) is 17.9 Å². The summed E-state index contributed by atoms with van der Waals surface area (Å²) in [6, 6.07) is 21.3. The Bertz CT molecular complexity index is 615. The smallest absolute Gasteiger partial charge is 0.222 e. The standard InChI is InChI=1S/C23H30N2O/c26-23-15-8-3-9-17-25(23)18-10-16-24(19-21-11-4-1-5-12-21)20-22-13-6-2-7-14-22/h1-2,4-7,11-14H,3,8-10,15-20H2. The summed E-state index contributed by atoms with van der Waals surface area (Å²) in [4.78, 5) is 16.8. The molecule has 1 aliphatic rings. The maximum atomic E-state index is 12.2. The minimum absolute atomic E-state index is 0.347. The molecule has 0 radical (unpaired) electrons. The number of amides is 1. The number of nitrogens with zero attached hydrogens (tertiary/aromatic N) is 2. The third-order valence-corrected chi connectivity index (χ3v) is 5.07. The number of benzene rings is 2. The molecule has 0 atom stereocenters. The van der Waals surface area contributed by atoms with Crippen molar-refractivity contribution in [3.05, 3.63) is 71.8 Å². The summed E-state index contributed by atoms with van der Waals surface area (Å²) < 4.78 is 0. The second-order valence-corrected chi connectivity index (χ2v) is 7.23. The molecule has 26 heavy (non-hydrogen) atoms. The van der Waals surface area contributed by atoms with E-state index in [4.69, 9.17) is 0 Å². The predicted molar refractivity (Wildman–Crippen MR) is 107 cm³/mol. The van der Waals surface area contributed by atoms with Crippen LogP contribution in [0.4, 0.5) is 0 Å². The molecule has 0 bridgehead atoms. The normalized spacial score (nSPS) is 15.3. The molecule has 3 nitrogen and oxygen atoms in total. The van der Waals surface area contributed by atoms with Crippen LogP contribution in [0.2, 0.25) is 0 Å². The molecule has 1 amide bonds. The van der Waals surface area contributed by atoms with Crippen molar-refractivity contribution in [3.8, 4) is 0 Å². The van der Waals surface area contributed by atoms with Crippen LogP contribution in [0.15, 0.2) is 60.7 Å². The van der Waals surface area contributed by atoms with Crippen molar-refractivity contribution >= 4 is 5.91 Å². The van der Waals surface area contributed by atoms with E-state index in [1.807, 2.05) is 0 Å². The molecular formula is C23H30N2O. The van der Waals surface area contributed by atoms with E-state index >= 15 is 0 Å². The third-order valence-electron chi connectivity index (χ3n) is 5.07. The van der Waals surface area contributed by atoms with Crippen LogP contribution in [-0.4, -0.2) is 35.3 Å². The van der Waals surface area contributed by atoms with Crippen LogP contribution >= 0.6 is 0 Å². The quantitative estimate of drug-likeness (QED) is 0.701. The predicted octanol–water partition coefficient (Wildman–Crippen LogP) is 4.48. The monoisotopic (exact) mass is 350 g/mol. The SMILES string of the molecule is O=C1CCCCCN1CCCN(Cc1ccccc1)Cc1ccccc1. The number of hydrogen-bond donors (Lipinski definition) is 0. The van der Waals surface area contributed by atoms with Gasteiger partial charge in [-0.05, 0) is 30.4 Å². The van der Waals surface area contributed by atoms with Gasteiger partial charge in [0, 0.05) is 39.1 Å². The lowest BCUT2D eigenvalue weighted by Gasteiger charge is -2.25. The number of hydrogen-bond acceptors (Lipinski definition) is 2. The van der Waals surface area contributed by atoms with E-state index in [2.05, 4.69) is 70.5 Å². The lowest BCUT2D eigenvalue weighted by Crippen LogP contribution is -2.33. The van der Waals surface area contributed by atoms with Gasteiger partial charge in [0.05, 0.1) is 0 Å². The Morgan fingerprint density at radius 3 is 2.04 bits per heavy atom. The molecule has 1 fully saturated rings. The Balaban J connectivity index is 1.56. The molecule has 1 heterocycles. The highest BCUT2D eigenvalue weighted by atomic mass is 16.2. The molecule has 2 aromatic carbocycles. The van der Waals surface area contributed by atoms with E-state index in [0.29, 0.717) is 5.91 Å². The summed E-state index contributed by atoms with van der Waals surface area (Å²) in [5, 5.41) is 0. The molecule has 1 saturated heterocycles. The van der Waals surface area contributed by atoms with Crippen molar-refractivity contribution < 1.29 is 4.79 Å². The average molecular weight is 351 g/mol. The molecule has 0 unspecified atom stereocenters. The van der Waals surface area contributed by atoms with E-state index in [1.165, 1.54) is 17.5 Å². The first-order valence-electron chi connectivity index (χ1n) is 9.89. The Kier molecular flexibility index (Phi) is 7.26. The van der Waals surface area contributed by atoms with Gasteiger partial charge >= 0.3 is 0 Å². The van der Waals surface area contributed by atoms with Gasteiger partial charge in [-0.15, -0.1) is 0 Å². The van der Waals surface area contributed by atoms with Crippen molar-refractivity contribution in [1.82, 2.24) is 9.80 Å². The van der Waals surface area contributed by atoms with E-state index in [-0.39, 0.29) is 0 Å². The molecular weight excluding hydrogens is 320 g/mol. The number of carbonyl (C=O) groups excluding carboxylic acids is 1. The van der Waals surface area contributed by atoms with Crippen molar-refractivity contribution in [2.45, 2.75) is 45.2 Å². The molecule has 0 N–H and O–H groups in total. The zero-order valence-corrected chi connectivity index (χ0v) is 15.6. The van der Waals surface area contributed by atoms with Crippen molar-refractivity contribution in [2.24, 2.45) is 0 Å². The van der Waals surface area contributed by atoms with Gasteiger partial charge in [-0.2, -0.15) is 0 Å². The Hall–Kier alpha value is -2.13. The van der Waals surface area contributed by atoms with Gasteiger partial charge in [0.15, 0.2) is 0 Å². The zero-order valence-electron chi connectivity index (χ0n) is 15.6. The van der Waals surface area contributed by atoms with E-state index < -0.39 is 0 Å². The van der Waals surface area contributed by atoms with Crippen molar-refractivity contribution in [1.29, 1.82) is 0 Å². The lowest BCUT2D eigenvalue weighted by atomic mass is 10.1. The topological polar surface area (TPSA) is 23.6 Å². The van der Waals surface area contributed by atoms with Crippen LogP contribution in [0.5, 0.6) is 0 Å². The summed E-state index contributed by atoms with van der Waals surface area (Å²) >= 11 is 0. The van der Waals surface area contributed by atoms with Crippen molar-refractivity contribution in [3.63, 3.8) is 0 Å². The van der Waals surface area contributed by atoms with Gasteiger partial charge in [0.1, 0.15) is 0 Å². The van der Waals surface area contributed by atoms with E-state index in [9.17, 15) is 4.79 Å². The molecule has 0 aliphatic carbocycles. The molecule has 3 heteroatoms. The summed E-state index contributed by atoms with van der Waals surface area (Å²) in [6.07, 6.45) is 5.17. The summed E-state index contributed by atoms with van der Waals surface area (Å²) in [6.45, 7) is 4.73. The fourth-order valence-electron chi connectivity index (χ4n) is 3.66. The summed E-state index contributed by atoms with van der Waals surface area (Å²) in [5.74, 6) is 0.347. The van der Waals surface area contributed by atoms with Gasteiger partial charge in [-0.25, -0.2) is 0 Å². The fraction of sp³-hybridized carbons (Fsp3) is 0.435. The summed E-state index contributed by atoms with van der Waals surface area (Å²) in [7, 11) is 0. The highest BCUT2D eigenvalue weighted by molar-refractivity contribution is 5.76. The number of likely N-dealkylation sites (tertiary alicyclic amines) is 1. The molecule has 0 spiro atoms. The number of carbonyl (C=O) groups is 1. The van der Waals surface area contributed by atoms with Crippen LogP contribution < -0.4 is 0 Å². The average Bonchev–Trinajstić information content (AvgIpc) is 2.88. The minimum atomic E-state index is 0.347. The highest BCUT2D eigenvalue weighted by Crippen LogP contribution is 2.13. The molecule has 3 rings (SSSR count). The molecule has 1 aliphatic heterocycles. The highest BCUT2D eigenvalue weighted by Gasteiger charge is 2.16. The maximum absolute atomic E-state index is 12.2.